The number of amides is 2. The Labute approximate surface area is 371 Å². The van der Waals surface area contributed by atoms with Crippen LogP contribution in [0.2, 0.25) is 0 Å². The molecule has 9 unspecified atom stereocenters. The minimum Gasteiger partial charge on any atom is -0.386 e. The van der Waals surface area contributed by atoms with Gasteiger partial charge in [0.05, 0.1) is 19.5 Å². The average Bonchev–Trinajstić information content (AvgIpc) is 3.89. The van der Waals surface area contributed by atoms with E-state index >= 15 is 0 Å². The first kappa shape index (κ1) is 53.3. The molecule has 0 spiro atoms. The van der Waals surface area contributed by atoms with Crippen molar-refractivity contribution >= 4 is 74.9 Å². The highest BCUT2D eigenvalue weighted by Crippen LogP contribution is 2.61. The van der Waals surface area contributed by atoms with Gasteiger partial charge in [-0.15, -0.1) is 0 Å². The van der Waals surface area contributed by atoms with Crippen molar-refractivity contribution in [3.8, 4) is 0 Å². The number of Topliss-reactive ketones (excluding diaryl/α,β-unsaturated/α-hetero) is 1. The molecule has 64 heavy (non-hydrogen) atoms. The molecule has 358 valence electrons. The van der Waals surface area contributed by atoms with Gasteiger partial charge in [0.1, 0.15) is 42.0 Å². The summed E-state index contributed by atoms with van der Waals surface area (Å²) in [7, 11) is -16.4. The van der Waals surface area contributed by atoms with E-state index in [9.17, 15) is 62.7 Å². The number of nitrogen functional groups attached to an aromatic ring is 1. The summed E-state index contributed by atoms with van der Waals surface area (Å²) in [5, 5.41) is 26.3. The molecular formula is C35H54N7O18P3S. The third kappa shape index (κ3) is 16.0. The van der Waals surface area contributed by atoms with Gasteiger partial charge in [-0.2, -0.15) is 4.31 Å². The van der Waals surface area contributed by atoms with E-state index < -0.39 is 84.6 Å². The number of phosphoric ester groups is 3. The molecule has 0 bridgehead atoms. The van der Waals surface area contributed by atoms with Crippen molar-refractivity contribution < 1.29 is 85.3 Å². The zero-order valence-corrected chi connectivity index (χ0v) is 38.5. The van der Waals surface area contributed by atoms with Crippen molar-refractivity contribution in [1.29, 1.82) is 0 Å². The number of imidazole rings is 1. The number of aliphatic hydroxyl groups is 2. The van der Waals surface area contributed by atoms with Crippen LogP contribution in [0.1, 0.15) is 65.5 Å². The zero-order chi connectivity index (χ0) is 47.5. The summed E-state index contributed by atoms with van der Waals surface area (Å²) in [6.07, 6.45) is 3.91. The molecule has 1 aliphatic carbocycles. The summed E-state index contributed by atoms with van der Waals surface area (Å²) in [5.74, 6) is -0.791. The van der Waals surface area contributed by atoms with Gasteiger partial charge >= 0.3 is 23.5 Å². The van der Waals surface area contributed by atoms with Gasteiger partial charge in [-0.3, -0.25) is 37.3 Å². The zero-order valence-electron chi connectivity index (χ0n) is 35.0. The van der Waals surface area contributed by atoms with E-state index in [1.165, 1.54) is 19.9 Å². The molecule has 10 N–H and O–H groups in total. The van der Waals surface area contributed by atoms with Gasteiger partial charge in [-0.05, 0) is 37.7 Å². The van der Waals surface area contributed by atoms with E-state index in [0.717, 1.165) is 41.8 Å². The molecule has 25 nitrogen and oxygen atoms in total. The van der Waals surface area contributed by atoms with Crippen LogP contribution in [0, 0.1) is 17.3 Å². The molecule has 2 amide bonds. The lowest BCUT2D eigenvalue weighted by atomic mass is 9.87. The molecule has 0 radical (unpaired) electrons. The van der Waals surface area contributed by atoms with Crippen molar-refractivity contribution in [3.05, 3.63) is 37.0 Å². The lowest BCUT2D eigenvalue weighted by Crippen LogP contribution is -2.46. The molecule has 1 saturated heterocycles. The Morgan fingerprint density at radius 2 is 1.77 bits per heavy atom. The molecule has 29 heteroatoms. The van der Waals surface area contributed by atoms with Crippen LogP contribution >= 0.6 is 35.2 Å². The highest BCUT2D eigenvalue weighted by Gasteiger charge is 2.50. The number of ether oxygens (including phenoxy) is 1. The maximum absolute atomic E-state index is 12.7. The SMILES string of the molecule is CCC=CCC1C(=O)CCC1CC=CC(=O)SCCNC(=O)CCNC(=O)C(O)C(C)(C)COP(=O)(O)OP(=O)(O)OCC1OC(n2cnc3c(N)ncnc32)C(O)C1OP(=O)(O)O. The number of nitrogens with one attached hydrogen (secondary N) is 2. The Kier molecular flexibility index (Phi) is 19.5. The van der Waals surface area contributed by atoms with Crippen LogP contribution in [0.15, 0.2) is 37.0 Å². The molecule has 1 aliphatic heterocycles. The summed E-state index contributed by atoms with van der Waals surface area (Å²) in [6.45, 7) is 2.42. The Morgan fingerprint density at radius 3 is 2.47 bits per heavy atom. The number of phosphoric acid groups is 3. The van der Waals surface area contributed by atoms with Crippen molar-refractivity contribution in [1.82, 2.24) is 30.2 Å². The normalized spacial score (nSPS) is 24.3. The number of rotatable bonds is 25. The maximum atomic E-state index is 12.7. The number of ketones is 1. The third-order valence-corrected chi connectivity index (χ3v) is 13.9. The average molecular weight is 986 g/mol. The number of allylic oxidation sites excluding steroid dienone is 3. The maximum Gasteiger partial charge on any atom is 0.481 e. The van der Waals surface area contributed by atoms with Crippen LogP contribution in [0.5, 0.6) is 0 Å². The summed E-state index contributed by atoms with van der Waals surface area (Å²) in [5.41, 5.74) is 4.24. The van der Waals surface area contributed by atoms with Crippen LogP contribution in [-0.2, 0) is 55.5 Å². The number of nitrogens with zero attached hydrogens (tertiary/aromatic N) is 4. The molecule has 2 aliphatic rings. The highest BCUT2D eigenvalue weighted by molar-refractivity contribution is 8.14. The number of thioether (sulfide) groups is 1. The van der Waals surface area contributed by atoms with Gasteiger partial charge < -0.3 is 50.9 Å². The molecule has 2 aromatic rings. The van der Waals surface area contributed by atoms with Gasteiger partial charge in [-0.1, -0.05) is 50.8 Å². The minimum atomic E-state index is -5.59. The standard InChI is InChI=1S/C35H54N7O18P3S/c1-4-5-6-9-22-21(11-12-23(22)43)8-7-10-26(45)64-16-15-37-25(44)13-14-38-33(48)30(47)35(2,3)18-57-63(54,55)60-62(52,53)56-17-24-29(59-61(49,50)51)28(46)34(58-24)42-20-41-27-31(36)39-19-40-32(27)42/h5-7,10,19-22,24,28-30,34,46-47H,4,8-9,11-18H2,1-3H3,(H,37,44)(H,38,48)(H,52,53)(H,54,55)(H2,36,39,40)(H2,49,50,51). The van der Waals surface area contributed by atoms with Crippen LogP contribution < -0.4 is 16.4 Å². The van der Waals surface area contributed by atoms with E-state index in [4.69, 9.17) is 19.5 Å². The summed E-state index contributed by atoms with van der Waals surface area (Å²) in [4.78, 5) is 101. The number of hydrogen-bond donors (Lipinski definition) is 9. The lowest BCUT2D eigenvalue weighted by molar-refractivity contribution is -0.137. The topological polar surface area (TPSA) is 381 Å². The van der Waals surface area contributed by atoms with Crippen molar-refractivity contribution in [2.24, 2.45) is 17.3 Å². The second kappa shape index (κ2) is 23.4. The molecule has 3 heterocycles. The number of aliphatic hydroxyl groups excluding tert-OH is 2. The van der Waals surface area contributed by atoms with Crippen LogP contribution in [0.25, 0.3) is 11.2 Å². The number of anilines is 1. The first-order valence-electron chi connectivity index (χ1n) is 19.8. The number of aromatic nitrogens is 4. The van der Waals surface area contributed by atoms with Crippen molar-refractivity contribution in [2.45, 2.75) is 89.9 Å². The Bertz CT molecular complexity index is 2170. The van der Waals surface area contributed by atoms with E-state index in [2.05, 4.69) is 34.4 Å². The van der Waals surface area contributed by atoms with Crippen molar-refractivity contribution in [2.75, 3.05) is 37.8 Å². The third-order valence-electron chi connectivity index (χ3n) is 9.98. The number of hydrogen-bond acceptors (Lipinski definition) is 19. The Balaban J connectivity index is 1.16. The smallest absolute Gasteiger partial charge is 0.386 e. The number of carbonyl (C=O) groups is 4. The molecule has 2 aromatic heterocycles. The van der Waals surface area contributed by atoms with E-state index in [-0.39, 0.29) is 65.0 Å². The molecular weight excluding hydrogens is 931 g/mol. The second-order valence-corrected chi connectivity index (χ2v) is 20.7. The molecule has 2 fully saturated rings. The van der Waals surface area contributed by atoms with Crippen LogP contribution in [-0.4, -0.2) is 128 Å². The number of nitrogens with two attached hydrogens (primary N) is 1. The minimum absolute atomic E-state index is 0.0258. The second-order valence-electron chi connectivity index (χ2n) is 15.4. The Hall–Kier alpha value is -3.29. The fourth-order valence-electron chi connectivity index (χ4n) is 6.66. The molecule has 9 atom stereocenters. The summed E-state index contributed by atoms with van der Waals surface area (Å²) < 4.78 is 62.3. The predicted molar refractivity (Wildman–Crippen MR) is 226 cm³/mol. The van der Waals surface area contributed by atoms with Crippen LogP contribution in [0.4, 0.5) is 5.82 Å². The van der Waals surface area contributed by atoms with E-state index in [1.54, 1.807) is 6.08 Å². The predicted octanol–water partition coefficient (Wildman–Crippen LogP) is 1.56. The van der Waals surface area contributed by atoms with Gasteiger partial charge in [0, 0.05) is 43.0 Å². The summed E-state index contributed by atoms with van der Waals surface area (Å²) >= 11 is 1.01. The van der Waals surface area contributed by atoms with Crippen LogP contribution in [0.3, 0.4) is 0 Å². The lowest BCUT2D eigenvalue weighted by Gasteiger charge is -2.30. The largest absolute Gasteiger partial charge is 0.481 e. The highest BCUT2D eigenvalue weighted by atomic mass is 32.2. The van der Waals surface area contributed by atoms with Crippen molar-refractivity contribution in [3.63, 3.8) is 0 Å². The van der Waals surface area contributed by atoms with E-state index in [1.807, 2.05) is 19.1 Å². The molecule has 0 aromatic carbocycles. The van der Waals surface area contributed by atoms with Gasteiger partial charge in [0.2, 0.25) is 16.9 Å². The fraction of sp³-hybridized carbons (Fsp3) is 0.629. The molecule has 1 saturated carbocycles. The number of fused-ring (bicyclic) bond motifs is 1. The monoisotopic (exact) mass is 985 g/mol. The first-order chi connectivity index (χ1) is 29.9. The van der Waals surface area contributed by atoms with Gasteiger partial charge in [0.25, 0.3) is 0 Å². The van der Waals surface area contributed by atoms with E-state index in [0.29, 0.717) is 19.3 Å². The molecule has 4 rings (SSSR count). The fourth-order valence-corrected chi connectivity index (χ4v) is 10.1. The number of carbonyl (C=O) groups excluding carboxylic acids is 4. The Morgan fingerprint density at radius 1 is 1.05 bits per heavy atom. The first-order valence-corrected chi connectivity index (χ1v) is 25.3. The quantitative estimate of drug-likeness (QED) is 0.0295. The summed E-state index contributed by atoms with van der Waals surface area (Å²) in [6, 6.07) is 0. The van der Waals surface area contributed by atoms with Gasteiger partial charge in [0.15, 0.2) is 17.7 Å². The van der Waals surface area contributed by atoms with Gasteiger partial charge in [-0.25, -0.2) is 28.6 Å².